The molecule has 0 aromatic heterocycles. The maximum absolute atomic E-state index is 5.61. The van der Waals surface area contributed by atoms with Crippen LogP contribution in [0.15, 0.2) is 0 Å². The highest BCUT2D eigenvalue weighted by Crippen LogP contribution is 2.00. The molecule has 0 aliphatic carbocycles. The molecule has 3 nitrogen and oxygen atoms in total. The lowest BCUT2D eigenvalue weighted by Crippen LogP contribution is -2.28. The van der Waals surface area contributed by atoms with Crippen molar-refractivity contribution in [2.24, 2.45) is 0 Å². The SMILES string of the molecule is CCCCO[BH-](OCCCC)OCCCC. The first-order valence-electron chi connectivity index (χ1n) is 6.85. The summed E-state index contributed by atoms with van der Waals surface area (Å²) < 4.78 is 16.8. The van der Waals surface area contributed by atoms with Crippen molar-refractivity contribution in [2.75, 3.05) is 19.8 Å². The van der Waals surface area contributed by atoms with E-state index in [-0.39, 0.29) is 0 Å². The molecule has 0 rings (SSSR count). The van der Waals surface area contributed by atoms with Gasteiger partial charge in [-0.05, 0) is 19.3 Å². The standard InChI is InChI=1S/C12H28BO3/c1-4-7-10-14-13(15-11-8-5-2)16-12-9-6-3/h13H,4-12H2,1-3H3/q-1. The van der Waals surface area contributed by atoms with Gasteiger partial charge in [-0.25, -0.2) is 0 Å². The lowest BCUT2D eigenvalue weighted by Gasteiger charge is -2.28. The van der Waals surface area contributed by atoms with Crippen molar-refractivity contribution in [1.29, 1.82) is 0 Å². The molecule has 0 aromatic rings. The van der Waals surface area contributed by atoms with Gasteiger partial charge in [-0.15, -0.1) is 0 Å². The Hall–Kier alpha value is -0.0551. The first-order valence-corrected chi connectivity index (χ1v) is 6.85. The fourth-order valence-electron chi connectivity index (χ4n) is 1.27. The van der Waals surface area contributed by atoms with Gasteiger partial charge in [0.2, 0.25) is 0 Å². The molecule has 4 heteroatoms. The average molecular weight is 231 g/mol. The topological polar surface area (TPSA) is 27.7 Å². The van der Waals surface area contributed by atoms with Crippen molar-refractivity contribution in [1.82, 2.24) is 0 Å². The minimum atomic E-state index is -1.28. The Morgan fingerprint density at radius 2 is 0.938 bits per heavy atom. The summed E-state index contributed by atoms with van der Waals surface area (Å²) in [5.41, 5.74) is 0. The van der Waals surface area contributed by atoms with E-state index in [0.29, 0.717) is 0 Å². The minimum Gasteiger partial charge on any atom is -0.547 e. The molecule has 0 aliphatic rings. The van der Waals surface area contributed by atoms with Crippen molar-refractivity contribution in [2.45, 2.75) is 59.3 Å². The van der Waals surface area contributed by atoms with E-state index in [0.717, 1.165) is 58.3 Å². The van der Waals surface area contributed by atoms with E-state index in [1.807, 2.05) is 0 Å². The quantitative estimate of drug-likeness (QED) is 0.381. The third-order valence-corrected chi connectivity index (χ3v) is 2.43. The van der Waals surface area contributed by atoms with Crippen molar-refractivity contribution in [3.05, 3.63) is 0 Å². The van der Waals surface area contributed by atoms with E-state index in [4.69, 9.17) is 14.0 Å². The fraction of sp³-hybridized carbons (Fsp3) is 1.00. The van der Waals surface area contributed by atoms with Gasteiger partial charge >= 0.3 is 7.32 Å². The summed E-state index contributed by atoms with van der Waals surface area (Å²) in [6.45, 7) is 8.75. The molecule has 0 fully saturated rings. The number of hydrogen-bond acceptors (Lipinski definition) is 3. The van der Waals surface area contributed by atoms with E-state index in [9.17, 15) is 0 Å². The van der Waals surface area contributed by atoms with Crippen LogP contribution < -0.4 is 0 Å². The predicted octanol–water partition coefficient (Wildman–Crippen LogP) is 3.15. The second kappa shape index (κ2) is 13.0. The highest BCUT2D eigenvalue weighted by molar-refractivity contribution is 6.36. The predicted molar refractivity (Wildman–Crippen MR) is 69.7 cm³/mol. The van der Waals surface area contributed by atoms with Gasteiger partial charge in [-0.2, -0.15) is 0 Å². The third kappa shape index (κ3) is 10.5. The summed E-state index contributed by atoms with van der Waals surface area (Å²) in [5, 5.41) is 0. The van der Waals surface area contributed by atoms with Gasteiger partial charge in [-0.1, -0.05) is 40.0 Å². The molecule has 0 atom stereocenters. The van der Waals surface area contributed by atoms with Crippen molar-refractivity contribution < 1.29 is 14.0 Å². The molecular weight excluding hydrogens is 203 g/mol. The second-order valence-electron chi connectivity index (χ2n) is 4.14. The Balaban J connectivity index is 3.58. The molecule has 0 radical (unpaired) electrons. The maximum atomic E-state index is 5.61. The molecule has 0 saturated carbocycles. The van der Waals surface area contributed by atoms with Crippen molar-refractivity contribution >= 4 is 7.32 Å². The van der Waals surface area contributed by atoms with E-state index >= 15 is 0 Å². The van der Waals surface area contributed by atoms with Crippen LogP contribution in [0.3, 0.4) is 0 Å². The first-order chi connectivity index (χ1) is 7.85. The number of unbranched alkanes of at least 4 members (excludes halogenated alkanes) is 3. The molecule has 0 spiro atoms. The number of rotatable bonds is 12. The molecule has 0 aromatic carbocycles. The minimum absolute atomic E-state index is 0.759. The van der Waals surface area contributed by atoms with Crippen LogP contribution in [0.1, 0.15) is 59.3 Å². The molecule has 0 saturated heterocycles. The van der Waals surface area contributed by atoms with E-state index < -0.39 is 7.32 Å². The Morgan fingerprint density at radius 1 is 0.625 bits per heavy atom. The molecule has 0 unspecified atom stereocenters. The van der Waals surface area contributed by atoms with Gasteiger partial charge in [-0.3, -0.25) is 0 Å². The van der Waals surface area contributed by atoms with Gasteiger partial charge < -0.3 is 14.0 Å². The monoisotopic (exact) mass is 231 g/mol. The Kier molecular flexibility index (Phi) is 13.0. The fourth-order valence-corrected chi connectivity index (χ4v) is 1.27. The molecule has 16 heavy (non-hydrogen) atoms. The molecule has 98 valence electrons. The van der Waals surface area contributed by atoms with Gasteiger partial charge in [0, 0.05) is 19.8 Å². The van der Waals surface area contributed by atoms with Crippen LogP contribution in [0.4, 0.5) is 0 Å². The van der Waals surface area contributed by atoms with Gasteiger partial charge in [0.15, 0.2) is 0 Å². The summed E-state index contributed by atoms with van der Waals surface area (Å²) in [5.74, 6) is 0. The smallest absolute Gasteiger partial charge is 0.364 e. The van der Waals surface area contributed by atoms with Crippen LogP contribution in [0.25, 0.3) is 0 Å². The zero-order valence-electron chi connectivity index (χ0n) is 11.3. The van der Waals surface area contributed by atoms with Crippen LogP contribution in [0.2, 0.25) is 0 Å². The lowest BCUT2D eigenvalue weighted by atomic mass is 10.2. The Labute approximate surface area is 101 Å². The number of hydrogen-bond donors (Lipinski definition) is 0. The average Bonchev–Trinajstić information content (AvgIpc) is 2.29. The van der Waals surface area contributed by atoms with Gasteiger partial charge in [0.25, 0.3) is 0 Å². The Morgan fingerprint density at radius 3 is 1.19 bits per heavy atom. The Bertz CT molecular complexity index is 110. The largest absolute Gasteiger partial charge is 0.547 e. The van der Waals surface area contributed by atoms with Gasteiger partial charge in [0.1, 0.15) is 0 Å². The van der Waals surface area contributed by atoms with E-state index in [1.165, 1.54) is 0 Å². The summed E-state index contributed by atoms with van der Waals surface area (Å²) in [6, 6.07) is 0. The molecule has 0 bridgehead atoms. The zero-order chi connectivity index (χ0) is 12.1. The van der Waals surface area contributed by atoms with E-state index in [2.05, 4.69) is 20.8 Å². The van der Waals surface area contributed by atoms with Crippen LogP contribution in [0.5, 0.6) is 0 Å². The van der Waals surface area contributed by atoms with Gasteiger partial charge in [0.05, 0.1) is 0 Å². The third-order valence-electron chi connectivity index (χ3n) is 2.43. The van der Waals surface area contributed by atoms with Crippen LogP contribution in [0, 0.1) is 0 Å². The van der Waals surface area contributed by atoms with Crippen LogP contribution in [-0.4, -0.2) is 27.1 Å². The van der Waals surface area contributed by atoms with Crippen molar-refractivity contribution in [3.8, 4) is 0 Å². The molecule has 0 N–H and O–H groups in total. The van der Waals surface area contributed by atoms with E-state index in [1.54, 1.807) is 0 Å². The first kappa shape index (κ1) is 15.9. The van der Waals surface area contributed by atoms with Crippen LogP contribution in [-0.2, 0) is 14.0 Å². The summed E-state index contributed by atoms with van der Waals surface area (Å²) in [6.07, 6.45) is 6.69. The van der Waals surface area contributed by atoms with Crippen molar-refractivity contribution in [3.63, 3.8) is 0 Å². The lowest BCUT2D eigenvalue weighted by molar-refractivity contribution is 0.0899. The second-order valence-corrected chi connectivity index (χ2v) is 4.14. The zero-order valence-corrected chi connectivity index (χ0v) is 11.3. The molecular formula is C12H28BO3-. The molecule has 0 heterocycles. The van der Waals surface area contributed by atoms with Crippen LogP contribution >= 0.6 is 0 Å². The molecule has 0 aliphatic heterocycles. The highest BCUT2D eigenvalue weighted by Gasteiger charge is 2.03. The normalized spacial score (nSPS) is 11.2. The maximum Gasteiger partial charge on any atom is 0.364 e. The summed E-state index contributed by atoms with van der Waals surface area (Å²) >= 11 is 0. The summed E-state index contributed by atoms with van der Waals surface area (Å²) in [7, 11) is -1.28. The highest BCUT2D eigenvalue weighted by atomic mass is 16.7. The summed E-state index contributed by atoms with van der Waals surface area (Å²) in [4.78, 5) is 0. The molecule has 0 amide bonds.